The number of carbonyl (C=O) groups excluding carboxylic acids is 1. The average molecular weight is 402 g/mol. The van der Waals surface area contributed by atoms with E-state index in [9.17, 15) is 9.59 Å². The molecule has 1 saturated heterocycles. The quantitative estimate of drug-likeness (QED) is 0.837. The van der Waals surface area contributed by atoms with Crippen molar-refractivity contribution >= 4 is 17.5 Å². The predicted molar refractivity (Wildman–Crippen MR) is 105 cm³/mol. The Hall–Kier alpha value is -2.15. The first kappa shape index (κ1) is 17.9. The van der Waals surface area contributed by atoms with Crippen LogP contribution in [0.2, 0.25) is 5.02 Å². The number of H-pyrrole nitrogens is 1. The normalized spacial score (nSPS) is 24.0. The van der Waals surface area contributed by atoms with Crippen molar-refractivity contribution in [3.8, 4) is 0 Å². The SMILES string of the molecule is Cc1nn(C)c(C(=O)N2CCCC3(CCc4c3nc(C3CC3)[nH]c4=O)C2)c1Cl. The van der Waals surface area contributed by atoms with Crippen LogP contribution in [0.4, 0.5) is 0 Å². The fraction of sp³-hybridized carbons (Fsp3) is 0.600. The van der Waals surface area contributed by atoms with Crippen LogP contribution in [0.25, 0.3) is 0 Å². The minimum absolute atomic E-state index is 0.0116. The molecule has 8 heteroatoms. The highest BCUT2D eigenvalue weighted by atomic mass is 35.5. The maximum Gasteiger partial charge on any atom is 0.273 e. The topological polar surface area (TPSA) is 83.9 Å². The lowest BCUT2D eigenvalue weighted by molar-refractivity contribution is 0.0622. The maximum absolute atomic E-state index is 13.3. The Labute approximate surface area is 168 Å². The number of nitrogens with one attached hydrogen (secondary N) is 1. The van der Waals surface area contributed by atoms with Crippen LogP contribution in [0.15, 0.2) is 4.79 Å². The van der Waals surface area contributed by atoms with Gasteiger partial charge in [-0.2, -0.15) is 5.10 Å². The molecule has 3 heterocycles. The van der Waals surface area contributed by atoms with E-state index in [1.54, 1.807) is 18.7 Å². The van der Waals surface area contributed by atoms with E-state index in [2.05, 4.69) is 10.1 Å². The number of piperidine rings is 1. The summed E-state index contributed by atoms with van der Waals surface area (Å²) in [4.78, 5) is 35.7. The Morgan fingerprint density at radius 3 is 2.79 bits per heavy atom. The molecule has 0 bridgehead atoms. The Kier molecular flexibility index (Phi) is 3.95. The summed E-state index contributed by atoms with van der Waals surface area (Å²) in [6, 6.07) is 0. The lowest BCUT2D eigenvalue weighted by Gasteiger charge is -2.40. The van der Waals surface area contributed by atoms with Crippen molar-refractivity contribution in [2.75, 3.05) is 13.1 Å². The monoisotopic (exact) mass is 401 g/mol. The molecule has 1 N–H and O–H groups in total. The molecule has 2 fully saturated rings. The molecule has 3 aliphatic rings. The largest absolute Gasteiger partial charge is 0.336 e. The Balaban J connectivity index is 1.50. The van der Waals surface area contributed by atoms with Gasteiger partial charge in [0.15, 0.2) is 0 Å². The summed E-state index contributed by atoms with van der Waals surface area (Å²) in [6.07, 6.45) is 5.65. The van der Waals surface area contributed by atoms with E-state index in [0.29, 0.717) is 35.4 Å². The van der Waals surface area contributed by atoms with Gasteiger partial charge < -0.3 is 9.88 Å². The molecule has 2 aromatic rings. The summed E-state index contributed by atoms with van der Waals surface area (Å²) >= 11 is 6.36. The Morgan fingerprint density at radius 2 is 2.11 bits per heavy atom. The molecule has 1 aliphatic heterocycles. The molecule has 148 valence electrons. The number of rotatable bonds is 2. The van der Waals surface area contributed by atoms with Crippen molar-refractivity contribution in [2.24, 2.45) is 7.05 Å². The summed E-state index contributed by atoms with van der Waals surface area (Å²) in [5.74, 6) is 1.14. The zero-order chi connectivity index (χ0) is 19.6. The van der Waals surface area contributed by atoms with E-state index in [0.717, 1.165) is 55.6 Å². The summed E-state index contributed by atoms with van der Waals surface area (Å²) < 4.78 is 1.57. The van der Waals surface area contributed by atoms with Gasteiger partial charge in [0, 0.05) is 37.0 Å². The first-order valence-corrected chi connectivity index (χ1v) is 10.4. The summed E-state index contributed by atoms with van der Waals surface area (Å²) in [7, 11) is 1.75. The van der Waals surface area contributed by atoms with Gasteiger partial charge in [-0.05, 0) is 45.4 Å². The van der Waals surface area contributed by atoms with E-state index in [1.165, 1.54) is 0 Å². The Bertz CT molecular complexity index is 1040. The molecule has 1 spiro atoms. The number of amides is 1. The number of hydrogen-bond acceptors (Lipinski definition) is 4. The third-order valence-electron chi connectivity index (χ3n) is 6.57. The van der Waals surface area contributed by atoms with E-state index in [1.807, 2.05) is 4.90 Å². The maximum atomic E-state index is 13.3. The molecule has 28 heavy (non-hydrogen) atoms. The van der Waals surface area contributed by atoms with E-state index < -0.39 is 0 Å². The van der Waals surface area contributed by atoms with Crippen LogP contribution < -0.4 is 5.56 Å². The van der Waals surface area contributed by atoms with Crippen molar-refractivity contribution in [3.63, 3.8) is 0 Å². The van der Waals surface area contributed by atoms with E-state index >= 15 is 0 Å². The van der Waals surface area contributed by atoms with Gasteiger partial charge in [0.1, 0.15) is 11.5 Å². The standard InChI is InChI=1S/C20H24ClN5O2/c1-11-14(21)15(25(2)24-11)19(28)26-9-3-7-20(10-26)8-6-13-16(20)22-17(12-4-5-12)23-18(13)27/h12H,3-10H2,1-2H3,(H,22,23,27). The predicted octanol–water partition coefficient (Wildman–Crippen LogP) is 2.46. The first-order chi connectivity index (χ1) is 13.4. The number of likely N-dealkylation sites (tertiary alicyclic amines) is 1. The van der Waals surface area contributed by atoms with Gasteiger partial charge in [-0.3, -0.25) is 14.3 Å². The van der Waals surface area contributed by atoms with Gasteiger partial charge in [-0.25, -0.2) is 4.98 Å². The summed E-state index contributed by atoms with van der Waals surface area (Å²) in [6.45, 7) is 3.08. The van der Waals surface area contributed by atoms with E-state index in [4.69, 9.17) is 16.6 Å². The molecule has 1 saturated carbocycles. The van der Waals surface area contributed by atoms with Gasteiger partial charge in [0.2, 0.25) is 0 Å². The van der Waals surface area contributed by atoms with Crippen molar-refractivity contribution in [1.29, 1.82) is 0 Å². The fourth-order valence-corrected chi connectivity index (χ4v) is 5.18. The average Bonchev–Trinajstić information content (AvgIpc) is 3.42. The van der Waals surface area contributed by atoms with Crippen LogP contribution in [-0.4, -0.2) is 43.6 Å². The number of fused-ring (bicyclic) bond motifs is 2. The molecule has 2 aliphatic carbocycles. The van der Waals surface area contributed by atoms with Gasteiger partial charge in [-0.1, -0.05) is 11.6 Å². The number of carbonyl (C=O) groups is 1. The number of aryl methyl sites for hydroxylation is 2. The number of aromatic amines is 1. The van der Waals surface area contributed by atoms with Crippen LogP contribution >= 0.6 is 11.6 Å². The molecular weight excluding hydrogens is 378 g/mol. The third-order valence-corrected chi connectivity index (χ3v) is 7.02. The second-order valence-corrected chi connectivity index (χ2v) is 8.91. The number of hydrogen-bond donors (Lipinski definition) is 1. The minimum atomic E-state index is -0.221. The third kappa shape index (κ3) is 2.63. The highest BCUT2D eigenvalue weighted by Gasteiger charge is 2.46. The summed E-state index contributed by atoms with van der Waals surface area (Å²) in [5.41, 5.74) is 2.63. The van der Waals surface area contributed by atoms with Crippen molar-refractivity contribution in [2.45, 2.75) is 56.8 Å². The van der Waals surface area contributed by atoms with Crippen LogP contribution in [0.5, 0.6) is 0 Å². The van der Waals surface area contributed by atoms with Crippen molar-refractivity contribution in [3.05, 3.63) is 43.8 Å². The molecule has 1 amide bonds. The lowest BCUT2D eigenvalue weighted by atomic mass is 9.77. The van der Waals surface area contributed by atoms with E-state index in [-0.39, 0.29) is 16.9 Å². The smallest absolute Gasteiger partial charge is 0.273 e. The highest BCUT2D eigenvalue weighted by Crippen LogP contribution is 2.45. The number of halogens is 1. The molecule has 5 rings (SSSR count). The Morgan fingerprint density at radius 1 is 1.32 bits per heavy atom. The first-order valence-electron chi connectivity index (χ1n) is 10.0. The highest BCUT2D eigenvalue weighted by molar-refractivity contribution is 6.34. The van der Waals surface area contributed by atoms with Gasteiger partial charge in [-0.15, -0.1) is 0 Å². The molecular formula is C20H24ClN5O2. The number of aromatic nitrogens is 4. The zero-order valence-corrected chi connectivity index (χ0v) is 17.0. The summed E-state index contributed by atoms with van der Waals surface area (Å²) in [5, 5.41) is 4.70. The lowest BCUT2D eigenvalue weighted by Crippen LogP contribution is -2.48. The second-order valence-electron chi connectivity index (χ2n) is 8.53. The molecule has 7 nitrogen and oxygen atoms in total. The van der Waals surface area contributed by atoms with Gasteiger partial charge >= 0.3 is 0 Å². The van der Waals surface area contributed by atoms with Crippen LogP contribution in [-0.2, 0) is 18.9 Å². The molecule has 1 unspecified atom stereocenters. The van der Waals surface area contributed by atoms with Crippen LogP contribution in [0, 0.1) is 6.92 Å². The van der Waals surface area contributed by atoms with Crippen LogP contribution in [0.3, 0.4) is 0 Å². The number of nitrogens with zero attached hydrogens (tertiary/aromatic N) is 4. The second kappa shape index (κ2) is 6.17. The molecule has 1 atom stereocenters. The zero-order valence-electron chi connectivity index (χ0n) is 16.2. The fourth-order valence-electron chi connectivity index (χ4n) is 4.94. The van der Waals surface area contributed by atoms with Crippen molar-refractivity contribution in [1.82, 2.24) is 24.6 Å². The van der Waals surface area contributed by atoms with Crippen molar-refractivity contribution < 1.29 is 4.79 Å². The molecule has 0 aromatic carbocycles. The molecule has 0 radical (unpaired) electrons. The van der Waals surface area contributed by atoms with Gasteiger partial charge in [0.25, 0.3) is 11.5 Å². The minimum Gasteiger partial charge on any atom is -0.336 e. The van der Waals surface area contributed by atoms with Gasteiger partial charge in [0.05, 0.1) is 16.4 Å². The van der Waals surface area contributed by atoms with Crippen LogP contribution in [0.1, 0.15) is 71.3 Å². The molecule has 2 aromatic heterocycles.